The normalized spacial score (nSPS) is 11.0. The molecule has 0 spiro atoms. The van der Waals surface area contributed by atoms with Crippen molar-refractivity contribution in [3.05, 3.63) is 75.4 Å². The van der Waals surface area contributed by atoms with Crippen LogP contribution in [-0.4, -0.2) is 11.7 Å². The molecule has 0 saturated heterocycles. The van der Waals surface area contributed by atoms with Gasteiger partial charge in [0, 0.05) is 6.61 Å². The molecule has 130 valence electrons. The molecular formula is C21H22O4. The van der Waals surface area contributed by atoms with Gasteiger partial charge in [-0.05, 0) is 49.4 Å². The van der Waals surface area contributed by atoms with Gasteiger partial charge in [-0.2, -0.15) is 0 Å². The second-order valence-corrected chi connectivity index (χ2v) is 6.13. The number of aliphatic hydroxyl groups is 1. The number of rotatable bonds is 7. The van der Waals surface area contributed by atoms with Crippen molar-refractivity contribution in [1.82, 2.24) is 0 Å². The van der Waals surface area contributed by atoms with Crippen molar-refractivity contribution in [2.75, 3.05) is 6.61 Å². The Balaban J connectivity index is 1.70. The number of aryl methyl sites for hydroxylation is 1. The zero-order valence-corrected chi connectivity index (χ0v) is 14.3. The van der Waals surface area contributed by atoms with E-state index in [1.165, 1.54) is 5.56 Å². The Morgan fingerprint density at radius 3 is 2.48 bits per heavy atom. The molecule has 3 aromatic rings. The van der Waals surface area contributed by atoms with Crippen LogP contribution in [0.25, 0.3) is 11.0 Å². The monoisotopic (exact) mass is 338 g/mol. The minimum Gasteiger partial charge on any atom is -0.460 e. The van der Waals surface area contributed by atoms with Gasteiger partial charge in [0.25, 0.3) is 5.95 Å². The lowest BCUT2D eigenvalue weighted by molar-refractivity contribution is 0.232. The Morgan fingerprint density at radius 2 is 1.72 bits per heavy atom. The Kier molecular flexibility index (Phi) is 5.51. The molecule has 0 unspecified atom stereocenters. The van der Waals surface area contributed by atoms with Crippen LogP contribution < -0.4 is 10.2 Å². The highest BCUT2D eigenvalue weighted by molar-refractivity contribution is 5.77. The molecule has 0 fully saturated rings. The Bertz CT molecular complexity index is 894. The number of hydrogen-bond donors (Lipinski definition) is 1. The highest BCUT2D eigenvalue weighted by atomic mass is 16.6. The molecule has 0 saturated carbocycles. The zero-order chi connectivity index (χ0) is 17.6. The fraction of sp³-hybridized carbons (Fsp3) is 0.286. The maximum Gasteiger partial charge on any atom is 0.292 e. The van der Waals surface area contributed by atoms with Crippen molar-refractivity contribution in [2.24, 2.45) is 0 Å². The number of fused-ring (bicyclic) bond motifs is 1. The minimum atomic E-state index is -0.0592. The van der Waals surface area contributed by atoms with E-state index in [1.54, 1.807) is 19.1 Å². The summed E-state index contributed by atoms with van der Waals surface area (Å²) in [6, 6.07) is 15.4. The van der Waals surface area contributed by atoms with Gasteiger partial charge in [0.05, 0.1) is 10.9 Å². The summed E-state index contributed by atoms with van der Waals surface area (Å²) < 4.78 is 11.5. The maximum atomic E-state index is 12.4. The predicted molar refractivity (Wildman–Crippen MR) is 98.0 cm³/mol. The molecule has 0 atom stereocenters. The van der Waals surface area contributed by atoms with Gasteiger partial charge in [-0.15, -0.1) is 0 Å². The first-order valence-electron chi connectivity index (χ1n) is 8.53. The fourth-order valence-corrected chi connectivity index (χ4v) is 2.74. The Morgan fingerprint density at radius 1 is 1.00 bits per heavy atom. The minimum absolute atomic E-state index is 0.0592. The van der Waals surface area contributed by atoms with Crippen molar-refractivity contribution in [2.45, 2.75) is 32.8 Å². The highest BCUT2D eigenvalue weighted by Gasteiger charge is 2.11. The summed E-state index contributed by atoms with van der Waals surface area (Å²) in [5.74, 6) is 0.274. The third-order valence-corrected chi connectivity index (χ3v) is 4.25. The van der Waals surface area contributed by atoms with E-state index in [0.29, 0.717) is 23.1 Å². The SMILES string of the molecule is Cc1c(OCc2ccc(CCCCO)cc2)oc2ccccc2c1=O. The van der Waals surface area contributed by atoms with Crippen LogP contribution in [0.5, 0.6) is 5.95 Å². The second-order valence-electron chi connectivity index (χ2n) is 6.13. The third-order valence-electron chi connectivity index (χ3n) is 4.25. The van der Waals surface area contributed by atoms with Crippen LogP contribution in [0.4, 0.5) is 0 Å². The Labute approximate surface area is 146 Å². The van der Waals surface area contributed by atoms with Gasteiger partial charge < -0.3 is 14.3 Å². The fourth-order valence-electron chi connectivity index (χ4n) is 2.74. The van der Waals surface area contributed by atoms with E-state index in [1.807, 2.05) is 24.3 Å². The van der Waals surface area contributed by atoms with E-state index in [2.05, 4.69) is 12.1 Å². The van der Waals surface area contributed by atoms with E-state index >= 15 is 0 Å². The largest absolute Gasteiger partial charge is 0.460 e. The van der Waals surface area contributed by atoms with E-state index in [4.69, 9.17) is 14.3 Å². The van der Waals surface area contributed by atoms with Crippen LogP contribution in [0.15, 0.2) is 57.7 Å². The van der Waals surface area contributed by atoms with E-state index < -0.39 is 0 Å². The first-order valence-corrected chi connectivity index (χ1v) is 8.53. The van der Waals surface area contributed by atoms with Gasteiger partial charge in [-0.3, -0.25) is 4.79 Å². The first-order chi connectivity index (χ1) is 12.2. The predicted octanol–water partition coefficient (Wildman–Crippen LogP) is 4.00. The van der Waals surface area contributed by atoms with Crippen molar-refractivity contribution in [3.63, 3.8) is 0 Å². The molecule has 0 amide bonds. The van der Waals surface area contributed by atoms with E-state index in [9.17, 15) is 4.79 Å². The van der Waals surface area contributed by atoms with Gasteiger partial charge in [0.15, 0.2) is 5.43 Å². The molecular weight excluding hydrogens is 316 g/mol. The average molecular weight is 338 g/mol. The lowest BCUT2D eigenvalue weighted by atomic mass is 10.1. The molecule has 2 aromatic carbocycles. The molecule has 0 aliphatic carbocycles. The van der Waals surface area contributed by atoms with Gasteiger partial charge in [0.2, 0.25) is 0 Å². The van der Waals surface area contributed by atoms with Crippen LogP contribution in [0, 0.1) is 6.92 Å². The third kappa shape index (κ3) is 4.09. The van der Waals surface area contributed by atoms with Crippen LogP contribution in [0.1, 0.15) is 29.5 Å². The standard InChI is InChI=1S/C21H22O4/c1-15-20(23)18-7-2-3-8-19(18)25-21(15)24-14-17-11-9-16(10-12-17)6-4-5-13-22/h2-3,7-12,22H,4-6,13-14H2,1H3. The summed E-state index contributed by atoms with van der Waals surface area (Å²) in [7, 11) is 0. The van der Waals surface area contributed by atoms with E-state index in [0.717, 1.165) is 24.8 Å². The first kappa shape index (κ1) is 17.2. The molecule has 1 N–H and O–H groups in total. The lowest BCUT2D eigenvalue weighted by Crippen LogP contribution is -2.08. The number of aliphatic hydroxyl groups excluding tert-OH is 1. The summed E-state index contributed by atoms with van der Waals surface area (Å²) in [6.45, 7) is 2.30. The lowest BCUT2D eigenvalue weighted by Gasteiger charge is -2.09. The van der Waals surface area contributed by atoms with Crippen molar-refractivity contribution in [3.8, 4) is 5.95 Å². The summed E-state index contributed by atoms with van der Waals surface area (Å²) in [4.78, 5) is 12.4. The number of unbranched alkanes of at least 4 members (excludes halogenated alkanes) is 1. The summed E-state index contributed by atoms with van der Waals surface area (Å²) in [6.07, 6.45) is 2.76. The molecule has 0 radical (unpaired) electrons. The summed E-state index contributed by atoms with van der Waals surface area (Å²) in [5, 5.41) is 9.40. The molecule has 1 heterocycles. The quantitative estimate of drug-likeness (QED) is 0.662. The molecule has 25 heavy (non-hydrogen) atoms. The van der Waals surface area contributed by atoms with Crippen LogP contribution >= 0.6 is 0 Å². The van der Waals surface area contributed by atoms with Crippen LogP contribution in [0.3, 0.4) is 0 Å². The van der Waals surface area contributed by atoms with Crippen molar-refractivity contribution >= 4 is 11.0 Å². The number of para-hydroxylation sites is 1. The molecule has 3 rings (SSSR count). The van der Waals surface area contributed by atoms with E-state index in [-0.39, 0.29) is 18.0 Å². The number of hydrogen-bond acceptors (Lipinski definition) is 4. The molecule has 0 aliphatic rings. The van der Waals surface area contributed by atoms with Gasteiger partial charge >= 0.3 is 0 Å². The molecule has 4 nitrogen and oxygen atoms in total. The van der Waals surface area contributed by atoms with Gasteiger partial charge in [-0.1, -0.05) is 36.4 Å². The van der Waals surface area contributed by atoms with Crippen LogP contribution in [-0.2, 0) is 13.0 Å². The highest BCUT2D eigenvalue weighted by Crippen LogP contribution is 2.22. The Hall–Kier alpha value is -2.59. The summed E-state index contributed by atoms with van der Waals surface area (Å²) in [5.41, 5.74) is 3.22. The van der Waals surface area contributed by atoms with Crippen LogP contribution in [0.2, 0.25) is 0 Å². The molecule has 4 heteroatoms. The average Bonchev–Trinajstić information content (AvgIpc) is 2.65. The molecule has 0 aliphatic heterocycles. The summed E-state index contributed by atoms with van der Waals surface area (Å²) >= 11 is 0. The molecule has 1 aromatic heterocycles. The maximum absolute atomic E-state index is 12.4. The smallest absolute Gasteiger partial charge is 0.292 e. The van der Waals surface area contributed by atoms with Crippen molar-refractivity contribution in [1.29, 1.82) is 0 Å². The number of ether oxygens (including phenoxy) is 1. The zero-order valence-electron chi connectivity index (χ0n) is 14.3. The van der Waals surface area contributed by atoms with Gasteiger partial charge in [0.1, 0.15) is 12.2 Å². The molecule has 0 bridgehead atoms. The number of benzene rings is 2. The second kappa shape index (κ2) is 7.99. The van der Waals surface area contributed by atoms with Crippen molar-refractivity contribution < 1.29 is 14.3 Å². The van der Waals surface area contributed by atoms with Gasteiger partial charge in [-0.25, -0.2) is 0 Å². The topological polar surface area (TPSA) is 59.7 Å².